The number of rotatable bonds is 8. The van der Waals surface area contributed by atoms with Crippen molar-refractivity contribution in [3.8, 4) is 17.2 Å². The summed E-state index contributed by atoms with van der Waals surface area (Å²) in [5.74, 6) is -0.453. The van der Waals surface area contributed by atoms with Crippen molar-refractivity contribution in [1.29, 1.82) is 0 Å². The predicted molar refractivity (Wildman–Crippen MR) is 113 cm³/mol. The lowest BCUT2D eigenvalue weighted by molar-refractivity contribution is 0.0674. The highest BCUT2D eigenvalue weighted by Crippen LogP contribution is 2.45. The lowest BCUT2D eigenvalue weighted by Crippen LogP contribution is -2.38. The molecule has 1 atom stereocenters. The van der Waals surface area contributed by atoms with Crippen LogP contribution in [0.4, 0.5) is 10.5 Å². The van der Waals surface area contributed by atoms with Gasteiger partial charge in [0.15, 0.2) is 11.5 Å². The second-order valence-electron chi connectivity index (χ2n) is 6.33. The molecule has 2 rings (SSSR count). The van der Waals surface area contributed by atoms with Crippen LogP contribution >= 0.6 is 34.8 Å². The van der Waals surface area contributed by atoms with Crippen molar-refractivity contribution in [2.45, 2.75) is 23.4 Å². The van der Waals surface area contributed by atoms with Crippen LogP contribution in [-0.4, -0.2) is 72.9 Å². The summed E-state index contributed by atoms with van der Waals surface area (Å²) >= 11 is 17.1. The third-order valence-electron chi connectivity index (χ3n) is 4.53. The van der Waals surface area contributed by atoms with Gasteiger partial charge >= 0.3 is 6.09 Å². The third-order valence-corrected chi connectivity index (χ3v) is 5.60. The third kappa shape index (κ3) is 5.26. The van der Waals surface area contributed by atoms with E-state index in [1.165, 1.54) is 32.3 Å². The second kappa shape index (κ2) is 10.5. The van der Waals surface area contributed by atoms with Gasteiger partial charge in [-0.1, -0.05) is 23.2 Å². The lowest BCUT2D eigenvalue weighted by Gasteiger charge is -2.26. The Morgan fingerprint density at radius 3 is 2.43 bits per heavy atom. The number of amides is 2. The SMILES string of the molecule is COc1cc(NC(=O)OC(Cl)(Cl)CCl)c(C(=O)N2CCCC2CO)c(OC)c1OC. The minimum absolute atomic E-state index is 0.00642. The highest BCUT2D eigenvalue weighted by atomic mass is 35.5. The summed E-state index contributed by atoms with van der Waals surface area (Å²) in [6.07, 6.45) is 0.331. The molecule has 0 aromatic heterocycles. The van der Waals surface area contributed by atoms with E-state index in [0.717, 1.165) is 6.42 Å². The van der Waals surface area contributed by atoms with Crippen LogP contribution in [0.25, 0.3) is 0 Å². The molecule has 1 aliphatic heterocycles. The lowest BCUT2D eigenvalue weighted by atomic mass is 10.1. The molecule has 1 aliphatic rings. The van der Waals surface area contributed by atoms with Gasteiger partial charge in [0.1, 0.15) is 5.56 Å². The monoisotopic (exact) mass is 484 g/mol. The highest BCUT2D eigenvalue weighted by Gasteiger charge is 2.35. The number of hydrogen-bond donors (Lipinski definition) is 2. The molecule has 9 nitrogen and oxygen atoms in total. The Kier molecular flexibility index (Phi) is 8.54. The number of ether oxygens (including phenoxy) is 4. The van der Waals surface area contributed by atoms with E-state index in [9.17, 15) is 14.7 Å². The summed E-state index contributed by atoms with van der Waals surface area (Å²) in [4.78, 5) is 27.2. The van der Waals surface area contributed by atoms with Crippen molar-refractivity contribution in [3.05, 3.63) is 11.6 Å². The average molecular weight is 486 g/mol. The molecule has 1 saturated heterocycles. The topological polar surface area (TPSA) is 107 Å². The molecular weight excluding hydrogens is 463 g/mol. The first-order chi connectivity index (χ1) is 14.2. The standard InChI is InChI=1S/C18H23Cl3N2O7/c1-27-12-7-11(22-17(26)30-18(20,21)9-19)13(15(29-3)14(12)28-2)16(25)23-6-4-5-10(23)8-24/h7,10,24H,4-6,8-9H2,1-3H3,(H,22,26). The van der Waals surface area contributed by atoms with E-state index >= 15 is 0 Å². The number of methoxy groups -OCH3 is 3. The Morgan fingerprint density at radius 2 is 1.90 bits per heavy atom. The van der Waals surface area contributed by atoms with E-state index in [1.54, 1.807) is 0 Å². The minimum Gasteiger partial charge on any atom is -0.493 e. The van der Waals surface area contributed by atoms with Crippen LogP contribution in [-0.2, 0) is 4.74 Å². The molecule has 0 radical (unpaired) electrons. The maximum absolute atomic E-state index is 13.4. The molecular formula is C18H23Cl3N2O7. The van der Waals surface area contributed by atoms with Crippen molar-refractivity contribution in [2.24, 2.45) is 0 Å². The molecule has 0 aliphatic carbocycles. The fraction of sp³-hybridized carbons (Fsp3) is 0.556. The van der Waals surface area contributed by atoms with Gasteiger partial charge in [0.05, 0.1) is 45.5 Å². The zero-order valence-corrected chi connectivity index (χ0v) is 18.9. The molecule has 2 N–H and O–H groups in total. The van der Waals surface area contributed by atoms with Crippen LogP contribution < -0.4 is 19.5 Å². The van der Waals surface area contributed by atoms with Gasteiger partial charge in [-0.25, -0.2) is 4.79 Å². The van der Waals surface area contributed by atoms with E-state index in [1.807, 2.05) is 0 Å². The second-order valence-corrected chi connectivity index (χ2v) is 8.01. The van der Waals surface area contributed by atoms with Gasteiger partial charge in [0.2, 0.25) is 5.75 Å². The first-order valence-electron chi connectivity index (χ1n) is 8.91. The number of nitrogens with one attached hydrogen (secondary N) is 1. The molecule has 30 heavy (non-hydrogen) atoms. The smallest absolute Gasteiger partial charge is 0.414 e. The Bertz CT molecular complexity index is 792. The molecule has 1 fully saturated rings. The number of alkyl halides is 3. The van der Waals surface area contributed by atoms with Crippen molar-refractivity contribution >= 4 is 52.5 Å². The van der Waals surface area contributed by atoms with Crippen LogP contribution in [0.2, 0.25) is 0 Å². The van der Waals surface area contributed by atoms with Crippen molar-refractivity contribution in [2.75, 3.05) is 45.7 Å². The maximum atomic E-state index is 13.4. The molecule has 1 aromatic carbocycles. The number of likely N-dealkylation sites (tertiary alicyclic amines) is 1. The van der Waals surface area contributed by atoms with Crippen LogP contribution in [0.3, 0.4) is 0 Å². The molecule has 1 aromatic rings. The predicted octanol–water partition coefficient (Wildman–Crippen LogP) is 3.23. The summed E-state index contributed by atoms with van der Waals surface area (Å²) in [7, 11) is 4.12. The Morgan fingerprint density at radius 1 is 1.23 bits per heavy atom. The fourth-order valence-electron chi connectivity index (χ4n) is 3.20. The molecule has 1 unspecified atom stereocenters. The number of carbonyl (C=O) groups is 2. The molecule has 1 heterocycles. The fourth-order valence-corrected chi connectivity index (χ4v) is 3.40. The quantitative estimate of drug-likeness (QED) is 0.544. The normalized spacial score (nSPS) is 16.2. The first kappa shape index (κ1) is 24.5. The molecule has 168 valence electrons. The molecule has 12 heteroatoms. The summed E-state index contributed by atoms with van der Waals surface area (Å²) in [6, 6.07) is 1.02. The van der Waals surface area contributed by atoms with Crippen LogP contribution in [0.5, 0.6) is 17.2 Å². The van der Waals surface area contributed by atoms with Gasteiger partial charge in [0, 0.05) is 12.6 Å². The molecule has 2 amide bonds. The number of aliphatic hydroxyl groups is 1. The molecule has 0 bridgehead atoms. The Labute approximate surface area is 189 Å². The van der Waals surface area contributed by atoms with Crippen LogP contribution in [0, 0.1) is 0 Å². The molecule has 0 spiro atoms. The van der Waals surface area contributed by atoms with Crippen LogP contribution in [0.1, 0.15) is 23.2 Å². The van der Waals surface area contributed by atoms with Crippen LogP contribution in [0.15, 0.2) is 6.07 Å². The Hall–Kier alpha value is -1.81. The van der Waals surface area contributed by atoms with Gasteiger partial charge < -0.3 is 29.0 Å². The van der Waals surface area contributed by atoms with Gasteiger partial charge in [-0.05, 0) is 12.8 Å². The van der Waals surface area contributed by atoms with Gasteiger partial charge in [0.25, 0.3) is 10.4 Å². The first-order valence-corrected chi connectivity index (χ1v) is 10.2. The van der Waals surface area contributed by atoms with Gasteiger partial charge in [-0.15, -0.1) is 11.6 Å². The average Bonchev–Trinajstić information content (AvgIpc) is 3.20. The highest BCUT2D eigenvalue weighted by molar-refractivity contribution is 6.50. The summed E-state index contributed by atoms with van der Waals surface area (Å²) in [5.41, 5.74) is 0.00913. The van der Waals surface area contributed by atoms with E-state index in [0.29, 0.717) is 13.0 Å². The van der Waals surface area contributed by atoms with Crippen molar-refractivity contribution < 1.29 is 33.6 Å². The number of anilines is 1. The van der Waals surface area contributed by atoms with Crippen molar-refractivity contribution in [3.63, 3.8) is 0 Å². The van der Waals surface area contributed by atoms with Crippen molar-refractivity contribution in [1.82, 2.24) is 4.90 Å². The summed E-state index contributed by atoms with van der Waals surface area (Å²) in [5, 5.41) is 12.0. The number of hydrogen-bond acceptors (Lipinski definition) is 7. The zero-order chi connectivity index (χ0) is 22.5. The van der Waals surface area contributed by atoms with Gasteiger partial charge in [-0.3, -0.25) is 10.1 Å². The van der Waals surface area contributed by atoms with Gasteiger partial charge in [-0.2, -0.15) is 0 Å². The minimum atomic E-state index is -1.96. The van der Waals surface area contributed by atoms with E-state index in [2.05, 4.69) is 5.32 Å². The number of carbonyl (C=O) groups excluding carboxylic acids is 2. The Balaban J connectivity index is 2.56. The molecule has 0 saturated carbocycles. The summed E-state index contributed by atoms with van der Waals surface area (Å²) < 4.78 is 19.0. The zero-order valence-electron chi connectivity index (χ0n) is 16.7. The number of aliphatic hydroxyl groups excluding tert-OH is 1. The van der Waals surface area contributed by atoms with E-state index in [4.69, 9.17) is 53.8 Å². The van der Waals surface area contributed by atoms with E-state index in [-0.39, 0.29) is 47.0 Å². The van der Waals surface area contributed by atoms with E-state index < -0.39 is 16.5 Å². The largest absolute Gasteiger partial charge is 0.493 e. The number of nitrogens with zero attached hydrogens (tertiary/aromatic N) is 1. The summed E-state index contributed by atoms with van der Waals surface area (Å²) in [6.45, 7) is 0.243. The maximum Gasteiger partial charge on any atom is 0.414 e. The number of halogens is 3. The number of benzene rings is 1.